The molecule has 0 aliphatic heterocycles. The molecule has 114 valence electrons. The van der Waals surface area contributed by atoms with Crippen LogP contribution in [-0.2, 0) is 11.3 Å². The van der Waals surface area contributed by atoms with Crippen molar-refractivity contribution in [3.63, 3.8) is 0 Å². The first-order valence-corrected chi connectivity index (χ1v) is 6.92. The number of halogens is 2. The molecule has 1 N–H and O–H groups in total. The van der Waals surface area contributed by atoms with Gasteiger partial charge in [-0.25, -0.2) is 8.78 Å². The average Bonchev–Trinajstić information content (AvgIpc) is 2.41. The van der Waals surface area contributed by atoms with Gasteiger partial charge in [0.1, 0.15) is 0 Å². The van der Waals surface area contributed by atoms with Gasteiger partial charge >= 0.3 is 0 Å². The summed E-state index contributed by atoms with van der Waals surface area (Å²) in [4.78, 5) is 0. The molecule has 0 heterocycles. The van der Waals surface area contributed by atoms with Gasteiger partial charge in [-0.3, -0.25) is 0 Å². The maximum atomic E-state index is 13.9. The quantitative estimate of drug-likeness (QED) is 0.707. The van der Waals surface area contributed by atoms with E-state index in [0.29, 0.717) is 25.1 Å². The second kappa shape index (κ2) is 8.87. The molecule has 0 aromatic heterocycles. The van der Waals surface area contributed by atoms with Crippen molar-refractivity contribution < 1.29 is 18.3 Å². The number of hydrogen-bond acceptors (Lipinski definition) is 3. The van der Waals surface area contributed by atoms with E-state index in [-0.39, 0.29) is 11.9 Å². The summed E-state index contributed by atoms with van der Waals surface area (Å²) in [5.41, 5.74) is 0.574. The molecule has 0 saturated heterocycles. The van der Waals surface area contributed by atoms with Gasteiger partial charge in [0.15, 0.2) is 17.4 Å². The van der Waals surface area contributed by atoms with E-state index < -0.39 is 11.6 Å². The second-order valence-corrected chi connectivity index (χ2v) is 4.78. The molecule has 0 spiro atoms. The van der Waals surface area contributed by atoms with Crippen LogP contribution >= 0.6 is 0 Å². The minimum absolute atomic E-state index is 0.303. The fourth-order valence-electron chi connectivity index (χ4n) is 1.78. The van der Waals surface area contributed by atoms with Gasteiger partial charge < -0.3 is 14.8 Å². The molecule has 0 fully saturated rings. The Kier molecular flexibility index (Phi) is 7.47. The molecular formula is C15H23F2NO2. The number of benzene rings is 1. The monoisotopic (exact) mass is 287 g/mol. The Morgan fingerprint density at radius 1 is 1.25 bits per heavy atom. The smallest absolute Gasteiger partial charge is 0.191 e. The maximum Gasteiger partial charge on any atom is 0.191 e. The van der Waals surface area contributed by atoms with E-state index in [4.69, 9.17) is 9.47 Å². The molecule has 1 unspecified atom stereocenters. The third-order valence-corrected chi connectivity index (χ3v) is 2.86. The molecule has 0 saturated carbocycles. The number of hydrogen-bond donors (Lipinski definition) is 1. The highest BCUT2D eigenvalue weighted by Crippen LogP contribution is 2.25. The largest absolute Gasteiger partial charge is 0.485 e. The van der Waals surface area contributed by atoms with Gasteiger partial charge in [-0.1, -0.05) is 6.92 Å². The Hall–Kier alpha value is -1.20. The lowest BCUT2D eigenvalue weighted by atomic mass is 10.2. The minimum atomic E-state index is -0.664. The van der Waals surface area contributed by atoms with E-state index >= 15 is 0 Å². The van der Waals surface area contributed by atoms with Gasteiger partial charge in [0.25, 0.3) is 0 Å². The lowest BCUT2D eigenvalue weighted by Gasteiger charge is -2.16. The fourth-order valence-corrected chi connectivity index (χ4v) is 1.78. The van der Waals surface area contributed by atoms with Crippen LogP contribution in [0.4, 0.5) is 8.78 Å². The van der Waals surface area contributed by atoms with Crippen molar-refractivity contribution in [2.45, 2.75) is 39.3 Å². The highest BCUT2D eigenvalue weighted by Gasteiger charge is 2.15. The van der Waals surface area contributed by atoms with Crippen LogP contribution in [0.1, 0.15) is 32.3 Å². The van der Waals surface area contributed by atoms with E-state index in [1.165, 1.54) is 12.1 Å². The highest BCUT2D eigenvalue weighted by molar-refractivity contribution is 5.31. The topological polar surface area (TPSA) is 30.5 Å². The predicted molar refractivity (Wildman–Crippen MR) is 74.9 cm³/mol. The van der Waals surface area contributed by atoms with E-state index in [0.717, 1.165) is 13.0 Å². The van der Waals surface area contributed by atoms with Gasteiger partial charge in [-0.05, 0) is 37.6 Å². The maximum absolute atomic E-state index is 13.9. The zero-order chi connectivity index (χ0) is 15.0. The fraction of sp³-hybridized carbons (Fsp3) is 0.600. The molecule has 1 aromatic carbocycles. The third-order valence-electron chi connectivity index (χ3n) is 2.86. The molecule has 0 radical (unpaired) electrons. The van der Waals surface area contributed by atoms with E-state index in [2.05, 4.69) is 5.32 Å². The second-order valence-electron chi connectivity index (χ2n) is 4.78. The number of ether oxygens (including phenoxy) is 2. The first kappa shape index (κ1) is 16.9. The van der Waals surface area contributed by atoms with Crippen LogP contribution in [0.25, 0.3) is 0 Å². The van der Waals surface area contributed by atoms with Gasteiger partial charge in [0.05, 0.1) is 6.10 Å². The summed E-state index contributed by atoms with van der Waals surface area (Å²) < 4.78 is 38.0. The van der Waals surface area contributed by atoms with Crippen LogP contribution in [0.2, 0.25) is 0 Å². The summed E-state index contributed by atoms with van der Waals surface area (Å²) in [6.07, 6.45) is 1.25. The summed E-state index contributed by atoms with van der Waals surface area (Å²) in [6.45, 7) is 5.54. The van der Waals surface area contributed by atoms with E-state index in [9.17, 15) is 8.78 Å². The van der Waals surface area contributed by atoms with E-state index in [1.807, 2.05) is 6.92 Å². The number of rotatable bonds is 9. The first-order chi connectivity index (χ1) is 9.58. The van der Waals surface area contributed by atoms with Gasteiger partial charge in [-0.2, -0.15) is 0 Å². The number of nitrogens with one attached hydrogen (secondary N) is 1. The lowest BCUT2D eigenvalue weighted by molar-refractivity contribution is 0.128. The van der Waals surface area contributed by atoms with E-state index in [1.54, 1.807) is 14.0 Å². The van der Waals surface area contributed by atoms with Gasteiger partial charge in [0, 0.05) is 26.7 Å². The Morgan fingerprint density at radius 2 is 1.90 bits per heavy atom. The van der Waals surface area contributed by atoms with Crippen LogP contribution in [-0.4, -0.2) is 26.4 Å². The molecule has 0 amide bonds. The Labute approximate surface area is 119 Å². The Balaban J connectivity index is 2.68. The van der Waals surface area contributed by atoms with Crippen molar-refractivity contribution in [2.75, 3.05) is 20.3 Å². The summed E-state index contributed by atoms with van der Waals surface area (Å²) >= 11 is 0. The summed E-state index contributed by atoms with van der Waals surface area (Å²) in [5.74, 6) is -1.64. The molecular weight excluding hydrogens is 264 g/mol. The molecule has 1 aromatic rings. The molecule has 0 bridgehead atoms. The van der Waals surface area contributed by atoms with Crippen molar-refractivity contribution >= 4 is 0 Å². The first-order valence-electron chi connectivity index (χ1n) is 6.92. The van der Waals surface area contributed by atoms with Gasteiger partial charge in [0.2, 0.25) is 0 Å². The zero-order valence-corrected chi connectivity index (χ0v) is 12.3. The van der Waals surface area contributed by atoms with Crippen molar-refractivity contribution in [3.8, 4) is 5.75 Å². The Bertz CT molecular complexity index is 390. The molecule has 5 heteroatoms. The molecule has 1 rings (SSSR count). The standard InChI is InChI=1S/C15H23F2NO2/c1-4-6-18-10-12-8-13(16)15(14(17)9-12)20-11(2)5-7-19-3/h8-9,11,18H,4-7,10H2,1-3H3. The van der Waals surface area contributed by atoms with Crippen LogP contribution in [0.15, 0.2) is 12.1 Å². The SMILES string of the molecule is CCCNCc1cc(F)c(OC(C)CCOC)c(F)c1. The summed E-state index contributed by atoms with van der Waals surface area (Å²) in [5, 5.41) is 3.10. The molecule has 0 aliphatic rings. The molecule has 20 heavy (non-hydrogen) atoms. The molecule has 1 atom stereocenters. The van der Waals surface area contributed by atoms with Crippen LogP contribution in [0, 0.1) is 11.6 Å². The van der Waals surface area contributed by atoms with Crippen molar-refractivity contribution in [1.82, 2.24) is 5.32 Å². The summed E-state index contributed by atoms with van der Waals surface area (Å²) in [6, 6.07) is 2.62. The lowest BCUT2D eigenvalue weighted by Crippen LogP contribution is -2.17. The normalized spacial score (nSPS) is 12.4. The van der Waals surface area contributed by atoms with Gasteiger partial charge in [-0.15, -0.1) is 0 Å². The minimum Gasteiger partial charge on any atom is -0.485 e. The van der Waals surface area contributed by atoms with Crippen LogP contribution < -0.4 is 10.1 Å². The van der Waals surface area contributed by atoms with Crippen LogP contribution in [0.3, 0.4) is 0 Å². The molecule has 3 nitrogen and oxygen atoms in total. The highest BCUT2D eigenvalue weighted by atomic mass is 19.1. The summed E-state index contributed by atoms with van der Waals surface area (Å²) in [7, 11) is 1.58. The Morgan fingerprint density at radius 3 is 2.45 bits per heavy atom. The van der Waals surface area contributed by atoms with Crippen molar-refractivity contribution in [2.24, 2.45) is 0 Å². The van der Waals surface area contributed by atoms with Crippen molar-refractivity contribution in [1.29, 1.82) is 0 Å². The number of methoxy groups -OCH3 is 1. The third kappa shape index (κ3) is 5.43. The van der Waals surface area contributed by atoms with Crippen molar-refractivity contribution in [3.05, 3.63) is 29.3 Å². The average molecular weight is 287 g/mol. The zero-order valence-electron chi connectivity index (χ0n) is 12.3. The molecule has 0 aliphatic carbocycles. The van der Waals surface area contributed by atoms with Crippen LogP contribution in [0.5, 0.6) is 5.75 Å². The predicted octanol–water partition coefficient (Wildman–Crippen LogP) is 3.27.